The zero-order valence-corrected chi connectivity index (χ0v) is 18.8. The van der Waals surface area contributed by atoms with E-state index in [2.05, 4.69) is 47.0 Å². The van der Waals surface area contributed by atoms with Crippen LogP contribution in [0.25, 0.3) is 0 Å². The van der Waals surface area contributed by atoms with Crippen molar-refractivity contribution in [3.05, 3.63) is 22.4 Å². The normalized spacial score (nSPS) is 21.6. The molecule has 0 aromatic carbocycles. The molecule has 1 fully saturated rings. The average molecular weight is 480 g/mol. The second-order valence-corrected chi connectivity index (χ2v) is 7.32. The van der Waals surface area contributed by atoms with Crippen molar-refractivity contribution in [3.63, 3.8) is 0 Å². The second-order valence-electron chi connectivity index (χ2n) is 6.34. The fraction of sp³-hybridized carbons (Fsp3) is 0.722. The summed E-state index contributed by atoms with van der Waals surface area (Å²) in [7, 11) is 3.98. The van der Waals surface area contributed by atoms with E-state index in [4.69, 9.17) is 9.73 Å². The van der Waals surface area contributed by atoms with Crippen molar-refractivity contribution in [1.29, 1.82) is 0 Å². The maximum absolute atomic E-state index is 5.10. The summed E-state index contributed by atoms with van der Waals surface area (Å²) in [6.07, 6.45) is 3.50. The first-order valence-corrected chi connectivity index (χ1v) is 9.89. The van der Waals surface area contributed by atoms with Gasteiger partial charge in [0, 0.05) is 44.3 Å². The first-order valence-electron chi connectivity index (χ1n) is 9.01. The van der Waals surface area contributed by atoms with Crippen LogP contribution in [-0.4, -0.2) is 57.8 Å². The van der Waals surface area contributed by atoms with E-state index in [1.807, 2.05) is 11.3 Å². The lowest BCUT2D eigenvalue weighted by Gasteiger charge is -2.38. The van der Waals surface area contributed by atoms with Crippen LogP contribution in [0.15, 0.2) is 22.5 Å². The highest BCUT2D eigenvalue weighted by atomic mass is 127. The molecule has 144 valence electrons. The summed E-state index contributed by atoms with van der Waals surface area (Å²) < 4.78 is 5.10. The zero-order chi connectivity index (χ0) is 17.2. The molecule has 5 nitrogen and oxygen atoms in total. The molecule has 0 bridgehead atoms. The molecule has 7 heteroatoms. The Balaban J connectivity index is 0.00000312. The van der Waals surface area contributed by atoms with Gasteiger partial charge in [-0.05, 0) is 57.1 Å². The molecule has 1 aromatic rings. The average Bonchev–Trinajstić information content (AvgIpc) is 3.10. The van der Waals surface area contributed by atoms with Crippen LogP contribution in [0.5, 0.6) is 0 Å². The van der Waals surface area contributed by atoms with Gasteiger partial charge < -0.3 is 15.4 Å². The number of likely N-dealkylation sites (tertiary alicyclic amines) is 1. The Morgan fingerprint density at radius 1 is 1.44 bits per heavy atom. The Kier molecular flexibility index (Phi) is 11.7. The standard InChI is InChI=1S/C18H32N4OS.HI/c1-4-19-18(20-10-7-12-23-3)21-14-15-8-5-11-22(2)17(15)16-9-6-13-24-16;/h6,9,13,15,17H,4-5,7-8,10-12,14H2,1-3H3,(H2,19,20,21);1H. The largest absolute Gasteiger partial charge is 0.385 e. The lowest BCUT2D eigenvalue weighted by Crippen LogP contribution is -2.40. The number of guanidine groups is 1. The number of halogens is 1. The van der Waals surface area contributed by atoms with E-state index >= 15 is 0 Å². The Bertz CT molecular complexity index is 483. The minimum atomic E-state index is 0. The van der Waals surface area contributed by atoms with Crippen LogP contribution in [0.3, 0.4) is 0 Å². The van der Waals surface area contributed by atoms with E-state index in [0.29, 0.717) is 12.0 Å². The highest BCUT2D eigenvalue weighted by Gasteiger charge is 2.30. The van der Waals surface area contributed by atoms with Crippen molar-refractivity contribution in [2.24, 2.45) is 10.9 Å². The summed E-state index contributed by atoms with van der Waals surface area (Å²) in [4.78, 5) is 8.82. The molecule has 2 heterocycles. The SMILES string of the molecule is CCNC(=NCC1CCCN(C)C1c1cccs1)NCCCOC.I. The first-order chi connectivity index (χ1) is 11.8. The van der Waals surface area contributed by atoms with Crippen LogP contribution in [0.4, 0.5) is 0 Å². The van der Waals surface area contributed by atoms with Gasteiger partial charge in [0.2, 0.25) is 0 Å². The number of methoxy groups -OCH3 is 1. The third-order valence-corrected chi connectivity index (χ3v) is 5.43. The van der Waals surface area contributed by atoms with Gasteiger partial charge in [0.1, 0.15) is 0 Å². The Morgan fingerprint density at radius 3 is 2.96 bits per heavy atom. The van der Waals surface area contributed by atoms with Gasteiger partial charge in [-0.25, -0.2) is 0 Å². The number of aliphatic imine (C=N–C) groups is 1. The van der Waals surface area contributed by atoms with Gasteiger partial charge >= 0.3 is 0 Å². The Labute approximate surface area is 173 Å². The number of hydrogen-bond acceptors (Lipinski definition) is 4. The molecule has 2 rings (SSSR count). The summed E-state index contributed by atoms with van der Waals surface area (Å²) in [5.41, 5.74) is 0. The van der Waals surface area contributed by atoms with Gasteiger partial charge in [-0.1, -0.05) is 6.07 Å². The molecule has 0 radical (unpaired) electrons. The summed E-state index contributed by atoms with van der Waals surface area (Å²) in [6, 6.07) is 4.92. The number of nitrogens with one attached hydrogen (secondary N) is 2. The third-order valence-electron chi connectivity index (χ3n) is 4.49. The van der Waals surface area contributed by atoms with E-state index in [1.165, 1.54) is 24.3 Å². The molecule has 2 atom stereocenters. The van der Waals surface area contributed by atoms with Crippen molar-refractivity contribution in [2.45, 2.75) is 32.2 Å². The molecule has 0 aliphatic carbocycles. The van der Waals surface area contributed by atoms with Crippen molar-refractivity contribution in [3.8, 4) is 0 Å². The number of nitrogens with zero attached hydrogens (tertiary/aromatic N) is 2. The summed E-state index contributed by atoms with van der Waals surface area (Å²) in [5, 5.41) is 8.93. The Morgan fingerprint density at radius 2 is 2.28 bits per heavy atom. The summed E-state index contributed by atoms with van der Waals surface area (Å²) in [5.74, 6) is 1.50. The van der Waals surface area contributed by atoms with Gasteiger partial charge in [0.05, 0.1) is 0 Å². The summed E-state index contributed by atoms with van der Waals surface area (Å²) >= 11 is 1.87. The van der Waals surface area contributed by atoms with Gasteiger partial charge in [0.25, 0.3) is 0 Å². The second kappa shape index (κ2) is 12.9. The fourth-order valence-electron chi connectivity index (χ4n) is 3.33. The quantitative estimate of drug-likeness (QED) is 0.260. The fourth-order valence-corrected chi connectivity index (χ4v) is 4.32. The molecule has 0 spiro atoms. The van der Waals surface area contributed by atoms with Crippen molar-refractivity contribution < 1.29 is 4.74 Å². The smallest absolute Gasteiger partial charge is 0.191 e. The van der Waals surface area contributed by atoms with Crippen molar-refractivity contribution in [2.75, 3.05) is 46.9 Å². The van der Waals surface area contributed by atoms with Crippen LogP contribution in [0, 0.1) is 5.92 Å². The molecule has 2 unspecified atom stereocenters. The number of thiophene rings is 1. The number of hydrogen-bond donors (Lipinski definition) is 2. The summed E-state index contributed by atoms with van der Waals surface area (Å²) in [6.45, 7) is 6.70. The van der Waals surface area contributed by atoms with E-state index in [1.54, 1.807) is 7.11 Å². The number of rotatable bonds is 8. The molecule has 2 N–H and O–H groups in total. The predicted octanol–water partition coefficient (Wildman–Crippen LogP) is 3.34. The van der Waals surface area contributed by atoms with E-state index in [9.17, 15) is 0 Å². The molecule has 1 aromatic heterocycles. The van der Waals surface area contributed by atoms with Gasteiger partial charge in [-0.15, -0.1) is 35.3 Å². The minimum Gasteiger partial charge on any atom is -0.385 e. The molecule has 0 amide bonds. The lowest BCUT2D eigenvalue weighted by atomic mass is 9.88. The molecular formula is C18H33IN4OS. The highest BCUT2D eigenvalue weighted by molar-refractivity contribution is 14.0. The maximum Gasteiger partial charge on any atom is 0.191 e. The highest BCUT2D eigenvalue weighted by Crippen LogP contribution is 2.37. The molecule has 25 heavy (non-hydrogen) atoms. The van der Waals surface area contributed by atoms with Gasteiger partial charge in [-0.2, -0.15) is 0 Å². The van der Waals surface area contributed by atoms with Gasteiger partial charge in [-0.3, -0.25) is 9.89 Å². The van der Waals surface area contributed by atoms with Crippen LogP contribution < -0.4 is 10.6 Å². The lowest BCUT2D eigenvalue weighted by molar-refractivity contribution is 0.128. The first kappa shape index (κ1) is 22.7. The minimum absolute atomic E-state index is 0. The van der Waals surface area contributed by atoms with Crippen LogP contribution in [0.1, 0.15) is 37.1 Å². The predicted molar refractivity (Wildman–Crippen MR) is 118 cm³/mol. The number of ether oxygens (including phenoxy) is 1. The van der Waals surface area contributed by atoms with Crippen molar-refractivity contribution >= 4 is 41.3 Å². The Hall–Kier alpha value is -0.380. The van der Waals surface area contributed by atoms with E-state index in [0.717, 1.165) is 38.6 Å². The molecule has 1 aliphatic rings. The molecule has 1 saturated heterocycles. The maximum atomic E-state index is 5.10. The van der Waals surface area contributed by atoms with Crippen LogP contribution in [-0.2, 0) is 4.74 Å². The van der Waals surface area contributed by atoms with Crippen LogP contribution >= 0.6 is 35.3 Å². The van der Waals surface area contributed by atoms with Crippen molar-refractivity contribution in [1.82, 2.24) is 15.5 Å². The van der Waals surface area contributed by atoms with Crippen LogP contribution in [0.2, 0.25) is 0 Å². The molecular weight excluding hydrogens is 447 g/mol. The third kappa shape index (κ3) is 7.40. The molecule has 0 saturated carbocycles. The van der Waals surface area contributed by atoms with E-state index < -0.39 is 0 Å². The zero-order valence-electron chi connectivity index (χ0n) is 15.7. The van der Waals surface area contributed by atoms with E-state index in [-0.39, 0.29) is 24.0 Å². The molecule has 1 aliphatic heterocycles. The topological polar surface area (TPSA) is 48.9 Å². The number of piperidine rings is 1. The van der Waals surface area contributed by atoms with Gasteiger partial charge in [0.15, 0.2) is 5.96 Å². The monoisotopic (exact) mass is 480 g/mol.